The maximum absolute atomic E-state index is 14.2. The molecule has 0 saturated carbocycles. The van der Waals surface area contributed by atoms with Gasteiger partial charge in [0.2, 0.25) is 0 Å². The number of hydrogen-bond donors (Lipinski definition) is 1. The predicted molar refractivity (Wildman–Crippen MR) is 114 cm³/mol. The zero-order chi connectivity index (χ0) is 20.5. The number of hydrogen-bond acceptors (Lipinski definition) is 3. The van der Waals surface area contributed by atoms with Gasteiger partial charge in [0.1, 0.15) is 5.82 Å². The van der Waals surface area contributed by atoms with Gasteiger partial charge in [-0.15, -0.1) is 0 Å². The Labute approximate surface area is 178 Å². The molecule has 1 heterocycles. The number of imidazole rings is 1. The van der Waals surface area contributed by atoms with E-state index in [9.17, 15) is 9.50 Å². The van der Waals surface area contributed by atoms with Crippen molar-refractivity contribution in [2.24, 2.45) is 7.05 Å². The van der Waals surface area contributed by atoms with E-state index < -0.39 is 0 Å². The van der Waals surface area contributed by atoms with Crippen molar-refractivity contribution >= 4 is 35.0 Å². The Bertz CT molecular complexity index is 1000. The topological polar surface area (TPSA) is 38.0 Å². The zero-order valence-corrected chi connectivity index (χ0v) is 18.2. The molecular formula is C21H21Cl2FN2OS. The molecule has 0 atom stereocenters. The van der Waals surface area contributed by atoms with E-state index in [0.29, 0.717) is 26.9 Å². The Hall–Kier alpha value is -1.53. The Morgan fingerprint density at radius 3 is 2.61 bits per heavy atom. The molecule has 0 radical (unpaired) electrons. The van der Waals surface area contributed by atoms with Gasteiger partial charge in [-0.25, -0.2) is 9.37 Å². The van der Waals surface area contributed by atoms with Crippen LogP contribution in [0.2, 0.25) is 10.0 Å². The number of nitrogens with zero attached hydrogens (tertiary/aromatic N) is 2. The van der Waals surface area contributed by atoms with Crippen molar-refractivity contribution < 1.29 is 9.50 Å². The summed E-state index contributed by atoms with van der Waals surface area (Å²) in [6, 6.07) is 10.4. The molecule has 1 N–H and O–H groups in total. The van der Waals surface area contributed by atoms with Crippen LogP contribution in [0.1, 0.15) is 36.2 Å². The highest BCUT2D eigenvalue weighted by atomic mass is 35.5. The summed E-state index contributed by atoms with van der Waals surface area (Å²) < 4.78 is 16.2. The molecule has 0 aliphatic carbocycles. The van der Waals surface area contributed by atoms with Gasteiger partial charge in [-0.2, -0.15) is 0 Å². The quantitative estimate of drug-likeness (QED) is 0.481. The lowest BCUT2D eigenvalue weighted by molar-refractivity contribution is 0.280. The van der Waals surface area contributed by atoms with Crippen LogP contribution in [-0.4, -0.2) is 14.7 Å². The van der Waals surface area contributed by atoms with Crippen molar-refractivity contribution in [3.05, 3.63) is 80.8 Å². The molecule has 0 spiro atoms. The summed E-state index contributed by atoms with van der Waals surface area (Å²) >= 11 is 13.7. The number of aromatic nitrogens is 2. The van der Waals surface area contributed by atoms with Crippen molar-refractivity contribution in [1.82, 2.24) is 9.55 Å². The molecular weight excluding hydrogens is 418 g/mol. The fraction of sp³-hybridized carbons (Fsp3) is 0.286. The molecule has 0 saturated heterocycles. The maximum Gasteiger partial charge on any atom is 0.168 e. The fourth-order valence-electron chi connectivity index (χ4n) is 3.19. The van der Waals surface area contributed by atoms with Crippen LogP contribution in [0.25, 0.3) is 0 Å². The van der Waals surface area contributed by atoms with Crippen LogP contribution in [0, 0.1) is 5.82 Å². The van der Waals surface area contributed by atoms with E-state index in [1.165, 1.54) is 17.8 Å². The van der Waals surface area contributed by atoms with E-state index >= 15 is 0 Å². The monoisotopic (exact) mass is 438 g/mol. The average Bonchev–Trinajstić information content (AvgIpc) is 3.04. The summed E-state index contributed by atoms with van der Waals surface area (Å²) in [5, 5.41) is 11.3. The van der Waals surface area contributed by atoms with Gasteiger partial charge in [0, 0.05) is 29.5 Å². The normalized spacial score (nSPS) is 11.8. The second-order valence-corrected chi connectivity index (χ2v) is 8.82. The highest BCUT2D eigenvalue weighted by Crippen LogP contribution is 2.36. The summed E-state index contributed by atoms with van der Waals surface area (Å²) in [7, 11) is 1.94. The minimum Gasteiger partial charge on any atom is -0.392 e. The van der Waals surface area contributed by atoms with E-state index in [2.05, 4.69) is 18.8 Å². The van der Waals surface area contributed by atoms with E-state index in [1.807, 2.05) is 29.9 Å². The van der Waals surface area contributed by atoms with E-state index in [4.69, 9.17) is 23.2 Å². The van der Waals surface area contributed by atoms with Crippen LogP contribution < -0.4 is 0 Å². The van der Waals surface area contributed by atoms with Crippen LogP contribution in [0.4, 0.5) is 4.39 Å². The molecule has 0 aliphatic heterocycles. The summed E-state index contributed by atoms with van der Waals surface area (Å²) in [5.74, 6) is 0.0738. The zero-order valence-electron chi connectivity index (χ0n) is 15.8. The first-order valence-corrected chi connectivity index (χ1v) is 10.5. The van der Waals surface area contributed by atoms with Crippen LogP contribution in [0.5, 0.6) is 0 Å². The molecule has 1 aromatic heterocycles. The largest absolute Gasteiger partial charge is 0.392 e. The number of thioether (sulfide) groups is 1. The van der Waals surface area contributed by atoms with Crippen molar-refractivity contribution in [2.45, 2.75) is 36.8 Å². The molecule has 7 heteroatoms. The highest BCUT2D eigenvalue weighted by molar-refractivity contribution is 7.98. The molecule has 0 bridgehead atoms. The molecule has 3 rings (SSSR count). The molecule has 3 nitrogen and oxygen atoms in total. The van der Waals surface area contributed by atoms with Crippen LogP contribution in [0.3, 0.4) is 0 Å². The summed E-state index contributed by atoms with van der Waals surface area (Å²) in [6.45, 7) is 4.00. The molecule has 0 aliphatic rings. The first-order valence-electron chi connectivity index (χ1n) is 8.73. The lowest BCUT2D eigenvalue weighted by atomic mass is 9.82. The van der Waals surface area contributed by atoms with Gasteiger partial charge in [0.05, 0.1) is 22.8 Å². The average molecular weight is 439 g/mol. The van der Waals surface area contributed by atoms with Crippen LogP contribution in [0.15, 0.2) is 47.8 Å². The molecule has 0 unspecified atom stereocenters. The predicted octanol–water partition coefficient (Wildman–Crippen LogP) is 5.98. The van der Waals surface area contributed by atoms with E-state index in [0.717, 1.165) is 16.4 Å². The van der Waals surface area contributed by atoms with Gasteiger partial charge in [0.15, 0.2) is 5.16 Å². The van der Waals surface area contributed by atoms with Gasteiger partial charge in [-0.3, -0.25) is 0 Å². The third-order valence-corrected chi connectivity index (χ3v) is 6.77. The van der Waals surface area contributed by atoms with Gasteiger partial charge in [-0.05, 0) is 29.3 Å². The Morgan fingerprint density at radius 2 is 1.93 bits per heavy atom. The SMILES string of the molecule is Cn1c(C(C)(C)c2ccc(Cl)c(Cl)c2)cnc1SCc1c(F)cccc1CO. The number of halogens is 3. The van der Waals surface area contributed by atoms with Gasteiger partial charge >= 0.3 is 0 Å². The minimum atomic E-state index is -0.344. The Morgan fingerprint density at radius 1 is 1.18 bits per heavy atom. The van der Waals surface area contributed by atoms with Crippen molar-refractivity contribution in [2.75, 3.05) is 0 Å². The fourth-order valence-corrected chi connectivity index (χ4v) is 4.50. The van der Waals surface area contributed by atoms with Crippen LogP contribution in [-0.2, 0) is 24.8 Å². The highest BCUT2D eigenvalue weighted by Gasteiger charge is 2.28. The van der Waals surface area contributed by atoms with Gasteiger partial charge < -0.3 is 9.67 Å². The van der Waals surface area contributed by atoms with Gasteiger partial charge in [-0.1, -0.05) is 67.0 Å². The third kappa shape index (κ3) is 4.08. The third-order valence-electron chi connectivity index (χ3n) is 4.96. The molecule has 0 fully saturated rings. The summed E-state index contributed by atoms with van der Waals surface area (Å²) in [5.41, 5.74) is 2.78. The molecule has 3 aromatic rings. The Balaban J connectivity index is 1.87. The first kappa shape index (κ1) is 21.2. The minimum absolute atomic E-state index is 0.191. The number of rotatable bonds is 6. The van der Waals surface area contributed by atoms with Crippen molar-refractivity contribution in [3.63, 3.8) is 0 Å². The first-order chi connectivity index (χ1) is 13.3. The standard InChI is InChI=1S/C21H21Cl2FN2OS/c1-21(2,14-7-8-16(22)17(23)9-14)19-10-25-20(26(19)3)28-12-15-13(11-27)5-4-6-18(15)24/h4-10,27H,11-12H2,1-3H3. The number of aliphatic hydroxyl groups excluding tert-OH is 1. The lowest BCUT2D eigenvalue weighted by Crippen LogP contribution is -2.22. The van der Waals surface area contributed by atoms with E-state index in [-0.39, 0.29) is 17.8 Å². The summed E-state index contributed by atoms with van der Waals surface area (Å²) in [4.78, 5) is 4.53. The second-order valence-electron chi connectivity index (χ2n) is 7.06. The molecule has 28 heavy (non-hydrogen) atoms. The van der Waals surface area contributed by atoms with Crippen molar-refractivity contribution in [1.29, 1.82) is 0 Å². The van der Waals surface area contributed by atoms with E-state index in [1.54, 1.807) is 18.2 Å². The number of benzene rings is 2. The van der Waals surface area contributed by atoms with Crippen LogP contribution >= 0.6 is 35.0 Å². The maximum atomic E-state index is 14.2. The number of aliphatic hydroxyl groups is 1. The molecule has 0 amide bonds. The van der Waals surface area contributed by atoms with Crippen molar-refractivity contribution in [3.8, 4) is 0 Å². The van der Waals surface area contributed by atoms with Gasteiger partial charge in [0.25, 0.3) is 0 Å². The smallest absolute Gasteiger partial charge is 0.168 e. The molecule has 148 valence electrons. The summed E-state index contributed by atoms with van der Waals surface area (Å²) in [6.07, 6.45) is 1.83. The lowest BCUT2D eigenvalue weighted by Gasteiger charge is -2.26. The second kappa shape index (κ2) is 8.46. The Kier molecular flexibility index (Phi) is 6.40. The molecule has 2 aromatic carbocycles.